The molecule has 1 unspecified atom stereocenters. The van der Waals surface area contributed by atoms with Gasteiger partial charge in [0.15, 0.2) is 0 Å². The third-order valence-electron chi connectivity index (χ3n) is 2.88. The Morgan fingerprint density at radius 1 is 1.36 bits per heavy atom. The van der Waals surface area contributed by atoms with Crippen molar-refractivity contribution in [1.82, 2.24) is 0 Å². The standard InChI is InChI=1S/C8H19BrOSi/c1-8(2,3)11(4,5)7(9)6-10/h7,10H,6H2,1-5H3. The molecule has 1 N–H and O–H groups in total. The molecular formula is C8H19BrOSi. The van der Waals surface area contributed by atoms with Gasteiger partial charge < -0.3 is 5.11 Å². The lowest BCUT2D eigenvalue weighted by molar-refractivity contribution is 0.311. The summed E-state index contributed by atoms with van der Waals surface area (Å²) in [6, 6.07) is 0. The second kappa shape index (κ2) is 3.58. The number of halogens is 1. The van der Waals surface area contributed by atoms with Crippen molar-refractivity contribution < 1.29 is 5.11 Å². The maximum Gasteiger partial charge on any atom is 0.0708 e. The molecule has 0 heterocycles. The molecule has 1 nitrogen and oxygen atoms in total. The zero-order valence-electron chi connectivity index (χ0n) is 8.11. The Labute approximate surface area is 79.3 Å². The Kier molecular flexibility index (Phi) is 3.80. The topological polar surface area (TPSA) is 20.2 Å². The lowest BCUT2D eigenvalue weighted by Gasteiger charge is -2.40. The minimum absolute atomic E-state index is 0.260. The average molecular weight is 239 g/mol. The van der Waals surface area contributed by atoms with Gasteiger partial charge in [-0.05, 0) is 5.04 Å². The highest BCUT2D eigenvalue weighted by Crippen LogP contribution is 2.40. The monoisotopic (exact) mass is 238 g/mol. The van der Waals surface area contributed by atoms with Gasteiger partial charge in [0.05, 0.1) is 14.7 Å². The molecular weight excluding hydrogens is 220 g/mol. The maximum absolute atomic E-state index is 9.02. The van der Waals surface area contributed by atoms with Crippen LogP contribution in [0.4, 0.5) is 0 Å². The van der Waals surface area contributed by atoms with Crippen molar-refractivity contribution in [2.45, 2.75) is 43.4 Å². The molecule has 0 aliphatic carbocycles. The Balaban J connectivity index is 4.45. The van der Waals surface area contributed by atoms with Gasteiger partial charge in [-0.15, -0.1) is 0 Å². The SMILES string of the molecule is CC(C)(C)[Si](C)(C)C(Br)CO. The summed E-state index contributed by atoms with van der Waals surface area (Å²) in [5.41, 5.74) is 0. The largest absolute Gasteiger partial charge is 0.396 e. The van der Waals surface area contributed by atoms with Crippen LogP contribution in [0.5, 0.6) is 0 Å². The van der Waals surface area contributed by atoms with E-state index in [9.17, 15) is 0 Å². The molecule has 0 aliphatic rings. The lowest BCUT2D eigenvalue weighted by Crippen LogP contribution is -2.47. The average Bonchev–Trinajstić information content (AvgIpc) is 1.83. The summed E-state index contributed by atoms with van der Waals surface area (Å²) in [5.74, 6) is 0. The van der Waals surface area contributed by atoms with E-state index >= 15 is 0 Å². The molecule has 0 bridgehead atoms. The normalized spacial score (nSPS) is 16.6. The number of aliphatic hydroxyl groups excluding tert-OH is 1. The van der Waals surface area contributed by atoms with Crippen molar-refractivity contribution in [3.63, 3.8) is 0 Å². The molecule has 3 heteroatoms. The van der Waals surface area contributed by atoms with Gasteiger partial charge in [0.2, 0.25) is 0 Å². The highest BCUT2D eigenvalue weighted by molar-refractivity contribution is 9.10. The van der Waals surface area contributed by atoms with E-state index < -0.39 is 8.07 Å². The first-order valence-corrected chi connectivity index (χ1v) is 7.97. The second-order valence-electron chi connectivity index (χ2n) is 4.62. The Morgan fingerprint density at radius 2 is 1.73 bits per heavy atom. The summed E-state index contributed by atoms with van der Waals surface area (Å²) in [5, 5.41) is 9.37. The van der Waals surface area contributed by atoms with Gasteiger partial charge in [0.25, 0.3) is 0 Å². The first-order chi connectivity index (χ1) is 4.73. The summed E-state index contributed by atoms with van der Waals surface area (Å²) in [4.78, 5) is 0. The molecule has 0 saturated carbocycles. The smallest absolute Gasteiger partial charge is 0.0708 e. The Morgan fingerprint density at radius 3 is 1.82 bits per heavy atom. The van der Waals surface area contributed by atoms with Crippen molar-refractivity contribution in [1.29, 1.82) is 0 Å². The summed E-state index contributed by atoms with van der Waals surface area (Å²) in [6.07, 6.45) is 0. The molecule has 0 aromatic carbocycles. The molecule has 0 rings (SSSR count). The van der Waals surface area contributed by atoms with Gasteiger partial charge in [-0.2, -0.15) is 0 Å². The number of hydrogen-bond acceptors (Lipinski definition) is 1. The molecule has 0 amide bonds. The molecule has 0 spiro atoms. The molecule has 68 valence electrons. The van der Waals surface area contributed by atoms with E-state index in [0.29, 0.717) is 9.49 Å². The number of alkyl halides is 1. The van der Waals surface area contributed by atoms with Crippen molar-refractivity contribution >= 4 is 24.0 Å². The van der Waals surface area contributed by atoms with Gasteiger partial charge in [-0.3, -0.25) is 0 Å². The fraction of sp³-hybridized carbons (Fsp3) is 1.00. The van der Waals surface area contributed by atoms with E-state index in [-0.39, 0.29) is 6.61 Å². The van der Waals surface area contributed by atoms with Crippen LogP contribution in [0.3, 0.4) is 0 Å². The van der Waals surface area contributed by atoms with Crippen LogP contribution in [0.1, 0.15) is 20.8 Å². The van der Waals surface area contributed by atoms with Crippen molar-refractivity contribution in [2.24, 2.45) is 0 Å². The zero-order valence-corrected chi connectivity index (χ0v) is 10.7. The van der Waals surface area contributed by atoms with E-state index in [2.05, 4.69) is 49.8 Å². The molecule has 0 aliphatic heterocycles. The van der Waals surface area contributed by atoms with E-state index in [4.69, 9.17) is 5.11 Å². The van der Waals surface area contributed by atoms with Crippen molar-refractivity contribution in [2.75, 3.05) is 6.61 Å². The fourth-order valence-electron chi connectivity index (χ4n) is 0.698. The molecule has 0 aromatic heterocycles. The van der Waals surface area contributed by atoms with E-state index in [1.165, 1.54) is 0 Å². The summed E-state index contributed by atoms with van der Waals surface area (Å²) >= 11 is 3.55. The third kappa shape index (κ3) is 2.56. The Bertz CT molecular complexity index is 129. The Hall–Kier alpha value is 0.657. The van der Waals surface area contributed by atoms with Gasteiger partial charge in [-0.25, -0.2) is 0 Å². The number of rotatable bonds is 2. The third-order valence-corrected chi connectivity index (χ3v) is 12.2. The molecule has 11 heavy (non-hydrogen) atoms. The van der Waals surface area contributed by atoms with Crippen LogP contribution in [-0.2, 0) is 0 Å². The minimum Gasteiger partial charge on any atom is -0.396 e. The first-order valence-electron chi connectivity index (χ1n) is 3.98. The van der Waals surface area contributed by atoms with Crippen LogP contribution in [-0.4, -0.2) is 24.2 Å². The summed E-state index contributed by atoms with van der Waals surface area (Å²) in [7, 11) is -1.34. The van der Waals surface area contributed by atoms with Crippen molar-refractivity contribution in [3.8, 4) is 0 Å². The van der Waals surface area contributed by atoms with Gasteiger partial charge >= 0.3 is 0 Å². The second-order valence-corrected chi connectivity index (χ2v) is 12.2. The number of hydrogen-bond donors (Lipinski definition) is 1. The zero-order chi connectivity index (χ0) is 9.28. The fourth-order valence-corrected chi connectivity index (χ4v) is 4.15. The minimum atomic E-state index is -1.34. The molecule has 0 fully saturated rings. The lowest BCUT2D eigenvalue weighted by atomic mass is 10.2. The van der Waals surface area contributed by atoms with Crippen LogP contribution in [0, 0.1) is 0 Å². The maximum atomic E-state index is 9.02. The summed E-state index contributed by atoms with van der Waals surface area (Å²) in [6.45, 7) is 11.6. The van der Waals surface area contributed by atoms with Crippen molar-refractivity contribution in [3.05, 3.63) is 0 Å². The summed E-state index contributed by atoms with van der Waals surface area (Å²) < 4.78 is 0.315. The molecule has 0 radical (unpaired) electrons. The van der Waals surface area contributed by atoms with Gasteiger partial charge in [0.1, 0.15) is 0 Å². The predicted octanol–water partition coefficient (Wildman–Crippen LogP) is 2.79. The molecule has 0 aromatic rings. The van der Waals surface area contributed by atoms with Crippen LogP contribution >= 0.6 is 15.9 Å². The molecule has 1 atom stereocenters. The van der Waals surface area contributed by atoms with Gasteiger partial charge in [0, 0.05) is 4.45 Å². The number of aliphatic hydroxyl groups is 1. The van der Waals surface area contributed by atoms with E-state index in [1.807, 2.05) is 0 Å². The van der Waals surface area contributed by atoms with Crippen LogP contribution in [0.25, 0.3) is 0 Å². The van der Waals surface area contributed by atoms with Crippen LogP contribution in [0.15, 0.2) is 0 Å². The predicted molar refractivity (Wildman–Crippen MR) is 57.0 cm³/mol. The molecule has 0 saturated heterocycles. The highest BCUT2D eigenvalue weighted by Gasteiger charge is 2.40. The van der Waals surface area contributed by atoms with Crippen LogP contribution < -0.4 is 0 Å². The van der Waals surface area contributed by atoms with Crippen LogP contribution in [0.2, 0.25) is 18.1 Å². The first kappa shape index (κ1) is 11.7. The van der Waals surface area contributed by atoms with E-state index in [1.54, 1.807) is 0 Å². The highest BCUT2D eigenvalue weighted by atomic mass is 79.9. The quantitative estimate of drug-likeness (QED) is 0.580. The van der Waals surface area contributed by atoms with Gasteiger partial charge in [-0.1, -0.05) is 49.8 Å². The van der Waals surface area contributed by atoms with E-state index in [0.717, 1.165) is 0 Å².